The van der Waals surface area contributed by atoms with Crippen molar-refractivity contribution >= 4 is 11.3 Å². The Morgan fingerprint density at radius 1 is 1.80 bits per heavy atom. The van der Waals surface area contributed by atoms with E-state index >= 15 is 0 Å². The molecule has 5 heteroatoms. The van der Waals surface area contributed by atoms with Crippen molar-refractivity contribution in [3.8, 4) is 0 Å². The largest absolute Gasteiger partial charge is 0.760 e. The first-order chi connectivity index (χ1) is 1.73. The molecule has 0 saturated carbocycles. The number of hydrogen-bond acceptors (Lipinski definition) is 2. The van der Waals surface area contributed by atoms with Gasteiger partial charge in [0.05, 0.1) is 0 Å². The van der Waals surface area contributed by atoms with Crippen molar-refractivity contribution in [1.29, 1.82) is 0 Å². The minimum atomic E-state index is -2.36. The fraction of sp³-hybridized carbons (Fsp3) is 0. The Balaban J connectivity index is 0. The van der Waals surface area contributed by atoms with Crippen LogP contribution in [0.25, 0.3) is 0 Å². The molecule has 1 radical (unpaired) electrons. The van der Waals surface area contributed by atoms with Gasteiger partial charge in [0.2, 0.25) is 0 Å². The predicted octanol–water partition coefficient (Wildman–Crippen LogP) is -1.26. The average molecular weight is 169 g/mol. The van der Waals surface area contributed by atoms with Crippen LogP contribution >= 0.6 is 0 Å². The monoisotopic (exact) mass is 169 g/mol. The molecule has 0 bridgehead atoms. The first-order valence-corrected chi connectivity index (χ1v) is 1.71. The van der Waals surface area contributed by atoms with Crippen LogP contribution in [0.4, 0.5) is 0 Å². The van der Waals surface area contributed by atoms with Crippen LogP contribution in [-0.2, 0) is 44.0 Å². The minimum Gasteiger partial charge on any atom is -0.760 e. The summed E-state index contributed by atoms with van der Waals surface area (Å²) < 4.78 is 17.6. The van der Waals surface area contributed by atoms with Crippen LogP contribution in [0.5, 0.6) is 0 Å². The zero-order valence-electron chi connectivity index (χ0n) is 2.38. The maximum Gasteiger partial charge on any atom is 0.0152 e. The molecule has 0 aromatic rings. The second kappa shape index (κ2) is 5.17. The third kappa shape index (κ3) is 37.8. The molecule has 5 heavy (non-hydrogen) atoms. The molecule has 0 aromatic carbocycles. The third-order valence-electron chi connectivity index (χ3n) is 0. The molecule has 0 amide bonds. The fourth-order valence-electron chi connectivity index (χ4n) is 0. The molecule has 0 fully saturated rings. The average Bonchev–Trinajstić information content (AvgIpc) is 0.811. The summed E-state index contributed by atoms with van der Waals surface area (Å²) in [4.78, 5) is 0. The quantitative estimate of drug-likeness (QED) is 0.459. The molecule has 0 aromatic heterocycles. The van der Waals surface area contributed by atoms with E-state index in [9.17, 15) is 0 Å². The van der Waals surface area contributed by atoms with Crippen molar-refractivity contribution < 1.29 is 41.5 Å². The Labute approximate surface area is 57.6 Å². The predicted molar refractivity (Wildman–Crippen MR) is 13.1 cm³/mol. The molecule has 1 unspecified atom stereocenters. The molecular formula is H2NO2SY-. The Bertz CT molecular complexity index is 32.6. The molecular weight excluding hydrogens is 167 g/mol. The van der Waals surface area contributed by atoms with Crippen molar-refractivity contribution in [1.82, 2.24) is 0 Å². The summed E-state index contributed by atoms with van der Waals surface area (Å²) in [5.74, 6) is 0. The Morgan fingerprint density at radius 2 is 1.80 bits per heavy atom. The molecule has 0 rings (SSSR count). The van der Waals surface area contributed by atoms with Gasteiger partial charge in [-0.25, -0.2) is 0 Å². The number of hydrogen-bond donors (Lipinski definition) is 1. The number of nitrogens with two attached hydrogens (primary N) is 1. The smallest absolute Gasteiger partial charge is 0.0152 e. The van der Waals surface area contributed by atoms with Gasteiger partial charge in [0.25, 0.3) is 0 Å². The van der Waals surface area contributed by atoms with Crippen molar-refractivity contribution in [2.24, 2.45) is 5.14 Å². The van der Waals surface area contributed by atoms with E-state index in [1.54, 1.807) is 0 Å². The van der Waals surface area contributed by atoms with E-state index in [1.165, 1.54) is 0 Å². The van der Waals surface area contributed by atoms with E-state index in [-0.39, 0.29) is 32.7 Å². The van der Waals surface area contributed by atoms with Gasteiger partial charge in [-0.1, -0.05) is 0 Å². The minimum absolute atomic E-state index is 0. The van der Waals surface area contributed by atoms with Gasteiger partial charge in [-0.05, 0) is 0 Å². The van der Waals surface area contributed by atoms with Gasteiger partial charge in [-0.3, -0.25) is 9.35 Å². The second-order valence-corrected chi connectivity index (χ2v) is 0.781. The zero-order chi connectivity index (χ0) is 3.58. The summed E-state index contributed by atoms with van der Waals surface area (Å²) >= 11 is -2.36. The second-order valence-electron chi connectivity index (χ2n) is 0.260. The van der Waals surface area contributed by atoms with E-state index in [1.807, 2.05) is 0 Å². The third-order valence-corrected chi connectivity index (χ3v) is 0. The van der Waals surface area contributed by atoms with Gasteiger partial charge in [0.15, 0.2) is 0 Å². The van der Waals surface area contributed by atoms with Gasteiger partial charge < -0.3 is 4.55 Å². The summed E-state index contributed by atoms with van der Waals surface area (Å²) in [5.41, 5.74) is 0. The van der Waals surface area contributed by atoms with Crippen LogP contribution < -0.4 is 5.14 Å². The molecule has 0 saturated heterocycles. The molecule has 0 aliphatic heterocycles. The van der Waals surface area contributed by atoms with Gasteiger partial charge in [-0.15, -0.1) is 0 Å². The van der Waals surface area contributed by atoms with Crippen LogP contribution in [0.1, 0.15) is 0 Å². The van der Waals surface area contributed by atoms with E-state index in [0.717, 1.165) is 0 Å². The van der Waals surface area contributed by atoms with E-state index in [0.29, 0.717) is 0 Å². The summed E-state index contributed by atoms with van der Waals surface area (Å²) in [7, 11) is 0. The van der Waals surface area contributed by atoms with Crippen molar-refractivity contribution in [2.45, 2.75) is 0 Å². The fourth-order valence-corrected chi connectivity index (χ4v) is 0. The van der Waals surface area contributed by atoms with Gasteiger partial charge in [0.1, 0.15) is 0 Å². The van der Waals surface area contributed by atoms with E-state index < -0.39 is 11.3 Å². The number of rotatable bonds is 0. The van der Waals surface area contributed by atoms with Crippen molar-refractivity contribution in [2.75, 3.05) is 0 Å². The van der Waals surface area contributed by atoms with Crippen LogP contribution in [0.3, 0.4) is 0 Å². The zero-order valence-corrected chi connectivity index (χ0v) is 6.03. The van der Waals surface area contributed by atoms with Crippen LogP contribution in [0, 0.1) is 0 Å². The molecule has 2 N–H and O–H groups in total. The summed E-state index contributed by atoms with van der Waals surface area (Å²) in [6.45, 7) is 0. The Kier molecular flexibility index (Phi) is 9.82. The Hall–Kier alpha value is 1.17. The summed E-state index contributed by atoms with van der Waals surface area (Å²) in [5, 5.41) is 4.03. The normalized spacial score (nSPS) is 12.4. The molecule has 0 heterocycles. The maximum atomic E-state index is 8.78. The van der Waals surface area contributed by atoms with Gasteiger partial charge in [0, 0.05) is 44.0 Å². The van der Waals surface area contributed by atoms with E-state index in [2.05, 4.69) is 5.14 Å². The molecule has 1 atom stereocenters. The van der Waals surface area contributed by atoms with Crippen molar-refractivity contribution in [3.05, 3.63) is 0 Å². The Morgan fingerprint density at radius 3 is 1.80 bits per heavy atom. The van der Waals surface area contributed by atoms with Crippen LogP contribution in [-0.4, -0.2) is 8.76 Å². The van der Waals surface area contributed by atoms with Gasteiger partial charge in [-0.2, -0.15) is 0 Å². The van der Waals surface area contributed by atoms with Crippen molar-refractivity contribution in [3.63, 3.8) is 0 Å². The standard InChI is InChI=1S/H3NO2S.Y/c1-4(2)3;/h1H2,(H,2,3);/p-1. The first kappa shape index (κ1) is 9.49. The molecule has 3 nitrogen and oxygen atoms in total. The molecule has 29 valence electrons. The topological polar surface area (TPSA) is 66.2 Å². The SMILES string of the molecule is NS(=O)[O-].[Y]. The van der Waals surface area contributed by atoms with E-state index in [4.69, 9.17) is 8.76 Å². The van der Waals surface area contributed by atoms with Gasteiger partial charge >= 0.3 is 0 Å². The maximum absolute atomic E-state index is 8.78. The summed E-state index contributed by atoms with van der Waals surface area (Å²) in [6, 6.07) is 0. The first-order valence-electron chi connectivity index (χ1n) is 0.569. The molecule has 0 aliphatic rings. The van der Waals surface area contributed by atoms with Crippen LogP contribution in [0.15, 0.2) is 0 Å². The molecule has 0 aliphatic carbocycles. The molecule has 0 spiro atoms. The summed E-state index contributed by atoms with van der Waals surface area (Å²) in [6.07, 6.45) is 0. The van der Waals surface area contributed by atoms with Crippen LogP contribution in [0.2, 0.25) is 0 Å².